The summed E-state index contributed by atoms with van der Waals surface area (Å²) in [6, 6.07) is 1.83. The van der Waals surface area contributed by atoms with Gasteiger partial charge in [-0.1, -0.05) is 0 Å². The first-order valence-electron chi connectivity index (χ1n) is 6.82. The predicted octanol–water partition coefficient (Wildman–Crippen LogP) is 0.939. The maximum absolute atomic E-state index is 11.6. The van der Waals surface area contributed by atoms with E-state index in [1.54, 1.807) is 18.1 Å². The van der Waals surface area contributed by atoms with Crippen LogP contribution in [0.15, 0.2) is 12.3 Å². The molecule has 2 aliphatic heterocycles. The largest absolute Gasteiger partial charge is 0.439 e. The number of ether oxygens (including phenoxy) is 1. The molecule has 0 saturated carbocycles. The van der Waals surface area contributed by atoms with E-state index in [2.05, 4.69) is 20.2 Å². The molecule has 3 heterocycles. The smallest absolute Gasteiger partial charge is 0.410 e. The topological polar surface area (TPSA) is 70.6 Å². The summed E-state index contributed by atoms with van der Waals surface area (Å²) in [5.74, 6) is 1.47. The number of hydrogen-bond donors (Lipinski definition) is 1. The lowest BCUT2D eigenvalue weighted by atomic mass is 9.93. The van der Waals surface area contributed by atoms with Crippen molar-refractivity contribution in [3.8, 4) is 0 Å². The predicted molar refractivity (Wildman–Crippen MR) is 74.9 cm³/mol. The third-order valence-corrected chi connectivity index (χ3v) is 3.86. The van der Waals surface area contributed by atoms with Crippen molar-refractivity contribution in [2.45, 2.75) is 18.4 Å². The van der Waals surface area contributed by atoms with Gasteiger partial charge in [-0.2, -0.15) is 4.98 Å². The Bertz CT molecular complexity index is 523. The molecule has 1 N–H and O–H groups in total. The Kier molecular flexibility index (Phi) is 3.11. The molecule has 1 aromatic heterocycles. The molecule has 1 spiro atoms. The van der Waals surface area contributed by atoms with E-state index in [0.29, 0.717) is 19.0 Å². The number of carbonyl (C=O) groups excluding carboxylic acids is 1. The monoisotopic (exact) mass is 277 g/mol. The molecule has 1 amide bonds. The fraction of sp³-hybridized carbons (Fsp3) is 0.615. The average Bonchev–Trinajstić information content (AvgIpc) is 2.73. The molecule has 20 heavy (non-hydrogen) atoms. The standard InChI is InChI=1S/C13H19N5O2/c1-14-10-4-6-15-11(16-10)18-7-3-5-13(9-18)8-17(2)12(19)20-13/h4,6H,3,5,7-9H2,1-2H3,(H,14,15,16)/t13-/m0/s1. The molecule has 0 unspecified atom stereocenters. The van der Waals surface area contributed by atoms with Crippen LogP contribution < -0.4 is 10.2 Å². The van der Waals surface area contributed by atoms with E-state index in [-0.39, 0.29) is 6.09 Å². The summed E-state index contributed by atoms with van der Waals surface area (Å²) < 4.78 is 5.58. The van der Waals surface area contributed by atoms with Gasteiger partial charge in [0.25, 0.3) is 0 Å². The first kappa shape index (κ1) is 13.0. The van der Waals surface area contributed by atoms with Crippen molar-refractivity contribution >= 4 is 17.9 Å². The van der Waals surface area contributed by atoms with Crippen molar-refractivity contribution in [2.24, 2.45) is 0 Å². The molecular formula is C13H19N5O2. The SMILES string of the molecule is CNc1ccnc(N2CCC[C@]3(CN(C)C(=O)O3)C2)n1. The number of nitrogens with one attached hydrogen (secondary N) is 1. The second-order valence-corrected chi connectivity index (χ2v) is 5.42. The molecule has 0 aliphatic carbocycles. The molecule has 1 aromatic rings. The number of anilines is 2. The molecule has 2 saturated heterocycles. The number of nitrogens with zero attached hydrogens (tertiary/aromatic N) is 4. The summed E-state index contributed by atoms with van der Waals surface area (Å²) in [6.07, 6.45) is 3.36. The van der Waals surface area contributed by atoms with Crippen LogP contribution in [0.5, 0.6) is 0 Å². The lowest BCUT2D eigenvalue weighted by Crippen LogP contribution is -2.51. The van der Waals surface area contributed by atoms with Gasteiger partial charge < -0.3 is 19.9 Å². The third kappa shape index (κ3) is 2.23. The van der Waals surface area contributed by atoms with Crippen LogP contribution in [-0.4, -0.2) is 60.3 Å². The van der Waals surface area contributed by atoms with Gasteiger partial charge in [0.2, 0.25) is 5.95 Å². The number of likely N-dealkylation sites (N-methyl/N-ethyl adjacent to an activating group) is 1. The summed E-state index contributed by atoms with van der Waals surface area (Å²) in [5.41, 5.74) is -0.414. The van der Waals surface area contributed by atoms with Gasteiger partial charge in [0.05, 0.1) is 13.1 Å². The summed E-state index contributed by atoms with van der Waals surface area (Å²) >= 11 is 0. The summed E-state index contributed by atoms with van der Waals surface area (Å²) in [7, 11) is 3.60. The number of hydrogen-bond acceptors (Lipinski definition) is 6. The Morgan fingerprint density at radius 3 is 3.00 bits per heavy atom. The maximum Gasteiger partial charge on any atom is 0.410 e. The average molecular weight is 277 g/mol. The van der Waals surface area contributed by atoms with Crippen LogP contribution in [0.3, 0.4) is 0 Å². The minimum Gasteiger partial charge on any atom is -0.439 e. The van der Waals surface area contributed by atoms with E-state index in [1.807, 2.05) is 13.1 Å². The van der Waals surface area contributed by atoms with Crippen molar-refractivity contribution in [1.82, 2.24) is 14.9 Å². The quantitative estimate of drug-likeness (QED) is 0.867. The van der Waals surface area contributed by atoms with Crippen LogP contribution in [-0.2, 0) is 4.74 Å². The van der Waals surface area contributed by atoms with E-state index in [9.17, 15) is 4.79 Å². The van der Waals surface area contributed by atoms with Crippen LogP contribution in [0.25, 0.3) is 0 Å². The molecule has 0 radical (unpaired) electrons. The fourth-order valence-electron chi connectivity index (χ4n) is 2.91. The van der Waals surface area contributed by atoms with Gasteiger partial charge in [-0.3, -0.25) is 0 Å². The Hall–Kier alpha value is -2.05. The molecule has 1 atom stereocenters. The van der Waals surface area contributed by atoms with Crippen LogP contribution in [0.2, 0.25) is 0 Å². The zero-order valence-corrected chi connectivity index (χ0v) is 11.8. The van der Waals surface area contributed by atoms with Crippen LogP contribution in [0.1, 0.15) is 12.8 Å². The summed E-state index contributed by atoms with van der Waals surface area (Å²) in [6.45, 7) is 2.17. The summed E-state index contributed by atoms with van der Waals surface area (Å²) in [4.78, 5) is 24.1. The minimum atomic E-state index is -0.414. The molecule has 0 bridgehead atoms. The summed E-state index contributed by atoms with van der Waals surface area (Å²) in [5, 5.41) is 3.01. The van der Waals surface area contributed by atoms with Crippen LogP contribution in [0.4, 0.5) is 16.6 Å². The van der Waals surface area contributed by atoms with Gasteiger partial charge in [-0.15, -0.1) is 0 Å². The highest BCUT2D eigenvalue weighted by Crippen LogP contribution is 2.32. The first-order chi connectivity index (χ1) is 9.62. The molecule has 108 valence electrons. The number of carbonyl (C=O) groups is 1. The van der Waals surface area contributed by atoms with Crippen molar-refractivity contribution in [3.05, 3.63) is 12.3 Å². The number of piperidine rings is 1. The molecule has 7 nitrogen and oxygen atoms in total. The Morgan fingerprint density at radius 1 is 1.45 bits per heavy atom. The molecule has 2 aliphatic rings. The van der Waals surface area contributed by atoms with Gasteiger partial charge in [-0.05, 0) is 18.9 Å². The second-order valence-electron chi connectivity index (χ2n) is 5.42. The highest BCUT2D eigenvalue weighted by atomic mass is 16.6. The van der Waals surface area contributed by atoms with Crippen molar-refractivity contribution in [1.29, 1.82) is 0 Å². The third-order valence-electron chi connectivity index (χ3n) is 3.86. The number of aromatic nitrogens is 2. The molecule has 0 aromatic carbocycles. The first-order valence-corrected chi connectivity index (χ1v) is 6.82. The van der Waals surface area contributed by atoms with E-state index >= 15 is 0 Å². The van der Waals surface area contributed by atoms with Gasteiger partial charge >= 0.3 is 6.09 Å². The number of rotatable bonds is 2. The minimum absolute atomic E-state index is 0.239. The maximum atomic E-state index is 11.6. The zero-order valence-electron chi connectivity index (χ0n) is 11.8. The molecular weight excluding hydrogens is 258 g/mol. The van der Waals surface area contributed by atoms with Crippen LogP contribution in [0, 0.1) is 0 Å². The zero-order chi connectivity index (χ0) is 14.2. The van der Waals surface area contributed by atoms with Crippen LogP contribution >= 0.6 is 0 Å². The van der Waals surface area contributed by atoms with Gasteiger partial charge in [0, 0.05) is 26.8 Å². The molecule has 3 rings (SSSR count). The van der Waals surface area contributed by atoms with E-state index in [4.69, 9.17) is 4.74 Å². The van der Waals surface area contributed by atoms with Crippen molar-refractivity contribution in [2.75, 3.05) is 43.9 Å². The van der Waals surface area contributed by atoms with E-state index < -0.39 is 5.60 Å². The van der Waals surface area contributed by atoms with Gasteiger partial charge in [-0.25, -0.2) is 9.78 Å². The highest BCUT2D eigenvalue weighted by molar-refractivity contribution is 5.70. The van der Waals surface area contributed by atoms with Gasteiger partial charge in [0.1, 0.15) is 11.4 Å². The Morgan fingerprint density at radius 2 is 2.30 bits per heavy atom. The molecule has 2 fully saturated rings. The fourth-order valence-corrected chi connectivity index (χ4v) is 2.91. The Labute approximate surface area is 117 Å². The van der Waals surface area contributed by atoms with Crippen molar-refractivity contribution in [3.63, 3.8) is 0 Å². The lowest BCUT2D eigenvalue weighted by Gasteiger charge is -2.38. The normalized spacial score (nSPS) is 26.0. The van der Waals surface area contributed by atoms with E-state index in [0.717, 1.165) is 25.2 Å². The van der Waals surface area contributed by atoms with E-state index in [1.165, 1.54) is 0 Å². The van der Waals surface area contributed by atoms with Gasteiger partial charge in [0.15, 0.2) is 0 Å². The molecule has 7 heteroatoms. The lowest BCUT2D eigenvalue weighted by molar-refractivity contribution is 0.0443. The van der Waals surface area contributed by atoms with Crippen molar-refractivity contribution < 1.29 is 9.53 Å². The Balaban J connectivity index is 1.80. The number of amides is 1. The second kappa shape index (κ2) is 4.81. The highest BCUT2D eigenvalue weighted by Gasteiger charge is 2.46.